The summed E-state index contributed by atoms with van der Waals surface area (Å²) in [6.07, 6.45) is -5.58. The van der Waals surface area contributed by atoms with E-state index in [1.54, 1.807) is 12.1 Å². The van der Waals surface area contributed by atoms with Crippen LogP contribution in [0, 0.1) is 0 Å². The highest BCUT2D eigenvalue weighted by Crippen LogP contribution is 2.41. The van der Waals surface area contributed by atoms with E-state index in [1.165, 1.54) is 42.5 Å². The minimum atomic E-state index is -4.73. The first-order valence-corrected chi connectivity index (χ1v) is 13.3. The molecule has 1 aliphatic heterocycles. The Morgan fingerprint density at radius 2 is 1.65 bits per heavy atom. The van der Waals surface area contributed by atoms with Crippen molar-refractivity contribution in [2.75, 3.05) is 13.2 Å². The van der Waals surface area contributed by atoms with E-state index in [0.717, 1.165) is 22.2 Å². The van der Waals surface area contributed by atoms with E-state index in [4.69, 9.17) is 26.8 Å². The fourth-order valence-electron chi connectivity index (χ4n) is 3.92. The Hall–Kier alpha value is -3.83. The molecular formula is C29H24F3NO5S2. The molecule has 4 rings (SSSR count). The Labute approximate surface area is 238 Å². The smallest absolute Gasteiger partial charge is 0.429 e. The number of amides is 1. The lowest BCUT2D eigenvalue weighted by Crippen LogP contribution is -2.33. The number of hydrogen-bond donors (Lipinski definition) is 1. The van der Waals surface area contributed by atoms with Gasteiger partial charge in [0.25, 0.3) is 5.91 Å². The van der Waals surface area contributed by atoms with Gasteiger partial charge in [0.15, 0.2) is 11.5 Å². The lowest BCUT2D eigenvalue weighted by molar-refractivity contribution is -0.198. The van der Waals surface area contributed by atoms with Gasteiger partial charge < -0.3 is 14.6 Å². The number of thioether (sulfide) groups is 1. The Kier molecular flexibility index (Phi) is 9.16. The Morgan fingerprint density at radius 3 is 2.25 bits per heavy atom. The maximum Gasteiger partial charge on any atom is 0.429 e. The summed E-state index contributed by atoms with van der Waals surface area (Å²) in [5.41, 5.74) is 1.27. The summed E-state index contributed by atoms with van der Waals surface area (Å²) in [6, 6.07) is 21.2. The van der Waals surface area contributed by atoms with Gasteiger partial charge in [-0.25, -0.2) is 0 Å². The number of carboxylic acid groups (broad SMARTS) is 1. The minimum absolute atomic E-state index is 0.0582. The molecule has 1 N–H and O–H groups in total. The number of aliphatic carboxylic acids is 1. The fraction of sp³-hybridized carbons (Fsp3) is 0.207. The molecule has 3 aromatic carbocycles. The number of carbonyl (C=O) groups excluding carboxylic acids is 1. The zero-order chi connectivity index (χ0) is 28.9. The van der Waals surface area contributed by atoms with Crippen LogP contribution in [0.2, 0.25) is 0 Å². The third kappa shape index (κ3) is 7.22. The third-order valence-electron chi connectivity index (χ3n) is 5.93. The van der Waals surface area contributed by atoms with Gasteiger partial charge in [0.05, 0.1) is 11.5 Å². The standard InChI is InChI=1S/C29H24F3NO5S2/c1-18(20-8-4-2-5-9-20)17-37-22-13-12-19(15-24-27(36)33(16-25(34)35)28(39)40-24)14-23(22)38-26(29(30,31)32)21-10-6-3-7-11-21/h2-15,18,26H,16-17H2,1H3,(H,34,35)/t18-,26+/m1/s1. The van der Waals surface area contributed by atoms with Crippen LogP contribution in [0.15, 0.2) is 83.8 Å². The molecule has 40 heavy (non-hydrogen) atoms. The van der Waals surface area contributed by atoms with E-state index in [-0.39, 0.29) is 38.8 Å². The summed E-state index contributed by atoms with van der Waals surface area (Å²) < 4.78 is 54.0. The molecule has 1 amide bonds. The molecular weight excluding hydrogens is 563 g/mol. The first-order valence-electron chi connectivity index (χ1n) is 12.1. The van der Waals surface area contributed by atoms with Gasteiger partial charge in [0, 0.05) is 11.5 Å². The third-order valence-corrected chi connectivity index (χ3v) is 7.31. The van der Waals surface area contributed by atoms with E-state index in [1.807, 2.05) is 37.3 Å². The van der Waals surface area contributed by atoms with Crippen LogP contribution in [0.3, 0.4) is 0 Å². The number of ether oxygens (including phenoxy) is 2. The zero-order valence-electron chi connectivity index (χ0n) is 21.1. The number of carboxylic acids is 1. The highest BCUT2D eigenvalue weighted by molar-refractivity contribution is 8.26. The van der Waals surface area contributed by atoms with Crippen LogP contribution < -0.4 is 9.47 Å². The Balaban J connectivity index is 1.67. The maximum atomic E-state index is 14.1. The second kappa shape index (κ2) is 12.6. The number of thiocarbonyl (C=S) groups is 1. The summed E-state index contributed by atoms with van der Waals surface area (Å²) in [6.45, 7) is 1.52. The van der Waals surface area contributed by atoms with Crippen molar-refractivity contribution in [3.63, 3.8) is 0 Å². The van der Waals surface area contributed by atoms with Gasteiger partial charge in [-0.3, -0.25) is 14.5 Å². The summed E-state index contributed by atoms with van der Waals surface area (Å²) in [5, 5.41) is 9.05. The molecule has 0 radical (unpaired) electrons. The van der Waals surface area contributed by atoms with Crippen molar-refractivity contribution in [2.24, 2.45) is 0 Å². The van der Waals surface area contributed by atoms with E-state index >= 15 is 0 Å². The highest BCUT2D eigenvalue weighted by Gasteiger charge is 2.43. The van der Waals surface area contributed by atoms with Crippen LogP contribution in [0.25, 0.3) is 6.08 Å². The molecule has 1 saturated heterocycles. The van der Waals surface area contributed by atoms with Gasteiger partial charge >= 0.3 is 12.1 Å². The van der Waals surface area contributed by atoms with Gasteiger partial charge in [0.2, 0.25) is 6.10 Å². The second-order valence-electron chi connectivity index (χ2n) is 8.94. The summed E-state index contributed by atoms with van der Waals surface area (Å²) in [7, 11) is 0. The summed E-state index contributed by atoms with van der Waals surface area (Å²) in [5.74, 6) is -1.95. The van der Waals surface area contributed by atoms with Crippen LogP contribution >= 0.6 is 24.0 Å². The Morgan fingerprint density at radius 1 is 1.02 bits per heavy atom. The van der Waals surface area contributed by atoms with Crippen molar-refractivity contribution in [1.82, 2.24) is 4.90 Å². The van der Waals surface area contributed by atoms with E-state index in [9.17, 15) is 22.8 Å². The zero-order valence-corrected chi connectivity index (χ0v) is 22.8. The number of rotatable bonds is 10. The van der Waals surface area contributed by atoms with Crippen molar-refractivity contribution in [1.29, 1.82) is 0 Å². The maximum absolute atomic E-state index is 14.1. The lowest BCUT2D eigenvalue weighted by atomic mass is 10.0. The number of carbonyl (C=O) groups is 2. The molecule has 2 atom stereocenters. The average molecular weight is 588 g/mol. The van der Waals surface area contributed by atoms with Crippen LogP contribution in [0.4, 0.5) is 13.2 Å². The quantitative estimate of drug-likeness (QED) is 0.206. The van der Waals surface area contributed by atoms with Gasteiger partial charge in [-0.2, -0.15) is 13.2 Å². The van der Waals surface area contributed by atoms with Crippen LogP contribution in [0.1, 0.15) is 35.6 Å². The molecule has 11 heteroatoms. The first kappa shape index (κ1) is 29.2. The number of benzene rings is 3. The molecule has 0 saturated carbocycles. The van der Waals surface area contributed by atoms with Gasteiger partial charge in [0.1, 0.15) is 10.9 Å². The molecule has 1 aliphatic rings. The van der Waals surface area contributed by atoms with Crippen molar-refractivity contribution >= 4 is 46.3 Å². The summed E-state index contributed by atoms with van der Waals surface area (Å²) >= 11 is 6.03. The first-order chi connectivity index (χ1) is 19.0. The normalized spacial score (nSPS) is 16.2. The fourth-order valence-corrected chi connectivity index (χ4v) is 5.18. The van der Waals surface area contributed by atoms with Crippen molar-refractivity contribution in [3.8, 4) is 11.5 Å². The SMILES string of the molecule is C[C@H](COc1ccc(C=C2SC(=S)N(CC(=O)O)C2=O)cc1O[C@@H](c1ccccc1)C(F)(F)F)c1ccccc1. The van der Waals surface area contributed by atoms with Gasteiger partial charge in [-0.15, -0.1) is 0 Å². The predicted molar refractivity (Wildman–Crippen MR) is 150 cm³/mol. The molecule has 3 aromatic rings. The molecule has 208 valence electrons. The van der Waals surface area contributed by atoms with Crippen LogP contribution in [-0.2, 0) is 9.59 Å². The van der Waals surface area contributed by atoms with Crippen LogP contribution in [-0.4, -0.2) is 45.5 Å². The topological polar surface area (TPSA) is 76.1 Å². The monoisotopic (exact) mass is 587 g/mol. The number of nitrogens with zero attached hydrogens (tertiary/aromatic N) is 1. The molecule has 0 aliphatic carbocycles. The highest BCUT2D eigenvalue weighted by atomic mass is 32.2. The minimum Gasteiger partial charge on any atom is -0.489 e. The molecule has 0 bridgehead atoms. The van der Waals surface area contributed by atoms with Crippen LogP contribution in [0.5, 0.6) is 11.5 Å². The second-order valence-corrected chi connectivity index (χ2v) is 10.6. The largest absolute Gasteiger partial charge is 0.489 e. The van der Waals surface area contributed by atoms with Crippen molar-refractivity contribution in [2.45, 2.75) is 25.1 Å². The van der Waals surface area contributed by atoms with Gasteiger partial charge in [-0.1, -0.05) is 97.6 Å². The van der Waals surface area contributed by atoms with Crippen molar-refractivity contribution in [3.05, 3.63) is 100 Å². The average Bonchev–Trinajstić information content (AvgIpc) is 3.18. The molecule has 1 heterocycles. The van der Waals surface area contributed by atoms with E-state index < -0.39 is 30.7 Å². The van der Waals surface area contributed by atoms with Crippen molar-refractivity contribution < 1.29 is 37.3 Å². The predicted octanol–water partition coefficient (Wildman–Crippen LogP) is 6.84. The Bertz CT molecular complexity index is 1410. The molecule has 1 fully saturated rings. The number of halogens is 3. The molecule has 0 unspecified atom stereocenters. The molecule has 0 spiro atoms. The van der Waals surface area contributed by atoms with E-state index in [0.29, 0.717) is 5.56 Å². The number of alkyl halides is 3. The lowest BCUT2D eigenvalue weighted by Gasteiger charge is -2.24. The number of hydrogen-bond acceptors (Lipinski definition) is 6. The molecule has 6 nitrogen and oxygen atoms in total. The molecule has 0 aromatic heterocycles. The van der Waals surface area contributed by atoms with E-state index in [2.05, 4.69) is 0 Å². The summed E-state index contributed by atoms with van der Waals surface area (Å²) in [4.78, 5) is 24.9. The van der Waals surface area contributed by atoms with Gasteiger partial charge in [-0.05, 0) is 29.3 Å².